The zero-order valence-corrected chi connectivity index (χ0v) is 21.1. The van der Waals surface area contributed by atoms with Gasteiger partial charge in [0.2, 0.25) is 0 Å². The highest BCUT2D eigenvalue weighted by molar-refractivity contribution is 5.93. The number of hydrogen-bond donors (Lipinski definition) is 1. The summed E-state index contributed by atoms with van der Waals surface area (Å²) in [5.41, 5.74) is 7.36. The van der Waals surface area contributed by atoms with Gasteiger partial charge in [-0.05, 0) is 96.5 Å². The van der Waals surface area contributed by atoms with Gasteiger partial charge in [0.15, 0.2) is 5.78 Å². The fourth-order valence-corrected chi connectivity index (χ4v) is 7.15. The summed E-state index contributed by atoms with van der Waals surface area (Å²) in [6.07, 6.45) is 13.2. The van der Waals surface area contributed by atoms with Crippen LogP contribution >= 0.6 is 0 Å². The van der Waals surface area contributed by atoms with Gasteiger partial charge in [0.1, 0.15) is 0 Å². The Morgan fingerprint density at radius 2 is 1.85 bits per heavy atom. The van der Waals surface area contributed by atoms with Gasteiger partial charge in [0, 0.05) is 12.3 Å². The molecule has 2 nitrogen and oxygen atoms in total. The Bertz CT molecular complexity index is 1030. The molecule has 2 saturated carbocycles. The molecule has 1 aromatic carbocycles. The quantitative estimate of drug-likeness (QED) is 0.479. The molecule has 0 aliphatic heterocycles. The van der Waals surface area contributed by atoms with Crippen LogP contribution in [-0.4, -0.2) is 17.0 Å². The molecule has 5 unspecified atom stereocenters. The molecule has 2 heteroatoms. The van der Waals surface area contributed by atoms with E-state index in [2.05, 4.69) is 64.3 Å². The highest BCUT2D eigenvalue weighted by atomic mass is 16.3. The van der Waals surface area contributed by atoms with Crippen molar-refractivity contribution in [3.8, 4) is 12.3 Å². The number of rotatable bonds is 1. The second kappa shape index (κ2) is 8.92. The maximum Gasteiger partial charge on any atom is 0.156 e. The van der Waals surface area contributed by atoms with Crippen LogP contribution in [0.3, 0.4) is 0 Å². The summed E-state index contributed by atoms with van der Waals surface area (Å²) in [4.78, 5) is 12.1. The molecule has 5 rings (SSSR count). The average Bonchev–Trinajstić information content (AvgIpc) is 3.07. The lowest BCUT2D eigenvalue weighted by atomic mass is 9.53. The maximum absolute atomic E-state index is 12.1. The highest BCUT2D eigenvalue weighted by Gasteiger charge is 2.56. The largest absolute Gasteiger partial charge is 0.393 e. The Balaban J connectivity index is 0.000000821. The van der Waals surface area contributed by atoms with Crippen LogP contribution in [0.25, 0.3) is 0 Å². The van der Waals surface area contributed by atoms with E-state index >= 15 is 0 Å². The zero-order chi connectivity index (χ0) is 24.0. The van der Waals surface area contributed by atoms with Gasteiger partial charge < -0.3 is 5.11 Å². The van der Waals surface area contributed by atoms with Gasteiger partial charge >= 0.3 is 0 Å². The number of carbonyl (C=O) groups is 1. The van der Waals surface area contributed by atoms with Crippen molar-refractivity contribution in [2.24, 2.45) is 17.3 Å². The number of ketones is 1. The molecule has 0 radical (unpaired) electrons. The van der Waals surface area contributed by atoms with E-state index in [0.717, 1.165) is 38.5 Å². The summed E-state index contributed by atoms with van der Waals surface area (Å²) in [5.74, 6) is 4.05. The first-order chi connectivity index (χ1) is 15.6. The normalized spacial score (nSPS) is 33.1. The molecule has 0 bridgehead atoms. The van der Waals surface area contributed by atoms with Crippen LogP contribution in [0.15, 0.2) is 47.1 Å². The fraction of sp³-hybridized carbons (Fsp3) is 0.581. The van der Waals surface area contributed by atoms with Gasteiger partial charge in [0.05, 0.1) is 6.10 Å². The predicted octanol–water partition coefficient (Wildman–Crippen LogP) is 6.88. The molecular weight excluding hydrogens is 404 g/mol. The first kappa shape index (κ1) is 24.0. The van der Waals surface area contributed by atoms with Gasteiger partial charge in [-0.15, -0.1) is 12.3 Å². The van der Waals surface area contributed by atoms with Gasteiger partial charge in [-0.25, -0.2) is 0 Å². The number of benzene rings is 1. The van der Waals surface area contributed by atoms with Crippen molar-refractivity contribution in [3.63, 3.8) is 0 Å². The molecule has 33 heavy (non-hydrogen) atoms. The number of carbonyl (C=O) groups excluding carboxylic acids is 1. The summed E-state index contributed by atoms with van der Waals surface area (Å²) < 4.78 is 0. The summed E-state index contributed by atoms with van der Waals surface area (Å²) in [7, 11) is 0. The van der Waals surface area contributed by atoms with Crippen LogP contribution in [0.1, 0.15) is 96.6 Å². The summed E-state index contributed by atoms with van der Waals surface area (Å²) in [6, 6.07) is 9.20. The third-order valence-electron chi connectivity index (χ3n) is 8.84. The highest BCUT2D eigenvalue weighted by Crippen LogP contribution is 2.63. The van der Waals surface area contributed by atoms with Crippen LogP contribution in [0.5, 0.6) is 0 Å². The van der Waals surface area contributed by atoms with E-state index in [-0.39, 0.29) is 16.9 Å². The molecule has 0 aromatic heterocycles. The Morgan fingerprint density at radius 1 is 1.12 bits per heavy atom. The Hall–Kier alpha value is -2.11. The van der Waals surface area contributed by atoms with Crippen molar-refractivity contribution < 1.29 is 9.90 Å². The molecule has 0 spiro atoms. The minimum absolute atomic E-state index is 0.00281. The summed E-state index contributed by atoms with van der Waals surface area (Å²) in [5, 5.41) is 11.0. The topological polar surface area (TPSA) is 37.3 Å². The second-order valence-electron chi connectivity index (χ2n) is 11.8. The van der Waals surface area contributed by atoms with Crippen molar-refractivity contribution in [2.75, 3.05) is 0 Å². The van der Waals surface area contributed by atoms with E-state index in [0.29, 0.717) is 30.0 Å². The monoisotopic (exact) mass is 444 g/mol. The summed E-state index contributed by atoms with van der Waals surface area (Å²) in [6.45, 7) is 10.9. The molecule has 1 N–H and O–H groups in total. The molecule has 2 fully saturated rings. The number of hydrogen-bond acceptors (Lipinski definition) is 2. The van der Waals surface area contributed by atoms with Crippen LogP contribution in [0.2, 0.25) is 0 Å². The Morgan fingerprint density at radius 3 is 2.55 bits per heavy atom. The minimum Gasteiger partial charge on any atom is -0.393 e. The van der Waals surface area contributed by atoms with Crippen LogP contribution < -0.4 is 0 Å². The van der Waals surface area contributed by atoms with Crippen molar-refractivity contribution in [1.29, 1.82) is 0 Å². The average molecular weight is 445 g/mol. The second-order valence-corrected chi connectivity index (χ2v) is 11.8. The maximum atomic E-state index is 12.1. The first-order valence-corrected chi connectivity index (χ1v) is 12.7. The van der Waals surface area contributed by atoms with E-state index in [4.69, 9.17) is 0 Å². The molecular formula is C31H40O2. The van der Waals surface area contributed by atoms with Crippen molar-refractivity contribution in [2.45, 2.75) is 97.0 Å². The first-order valence-electron chi connectivity index (χ1n) is 12.7. The summed E-state index contributed by atoms with van der Waals surface area (Å²) >= 11 is 0. The molecule has 0 saturated heterocycles. The Labute approximate surface area is 200 Å². The van der Waals surface area contributed by atoms with E-state index in [1.165, 1.54) is 22.3 Å². The molecule has 0 amide bonds. The lowest BCUT2D eigenvalue weighted by molar-refractivity contribution is -0.114. The van der Waals surface area contributed by atoms with Gasteiger partial charge in [0.25, 0.3) is 0 Å². The van der Waals surface area contributed by atoms with Crippen LogP contribution in [-0.2, 0) is 10.2 Å². The van der Waals surface area contributed by atoms with Gasteiger partial charge in [-0.2, -0.15) is 0 Å². The lowest BCUT2D eigenvalue weighted by Gasteiger charge is -2.52. The van der Waals surface area contributed by atoms with Gasteiger partial charge in [-0.1, -0.05) is 57.5 Å². The molecule has 4 aliphatic rings. The molecule has 0 heterocycles. The van der Waals surface area contributed by atoms with Crippen LogP contribution in [0, 0.1) is 29.6 Å². The number of fused-ring (bicyclic) bond motifs is 4. The van der Waals surface area contributed by atoms with Crippen molar-refractivity contribution >= 4 is 5.78 Å². The van der Waals surface area contributed by atoms with Crippen molar-refractivity contribution in [1.82, 2.24) is 0 Å². The Kier molecular flexibility index (Phi) is 6.49. The minimum atomic E-state index is -0.188. The predicted molar refractivity (Wildman–Crippen MR) is 136 cm³/mol. The molecule has 5 atom stereocenters. The van der Waals surface area contributed by atoms with E-state index in [1.54, 1.807) is 12.5 Å². The number of terminal acetylenes is 1. The SMILES string of the molecule is C#CC.CC(C)(C)c1cccc(C2CC3(C)C(O)CCC3C3CCC4=CC(=O)CCC4=C23)c1. The molecule has 1 aromatic rings. The van der Waals surface area contributed by atoms with E-state index in [1.807, 2.05) is 6.08 Å². The van der Waals surface area contributed by atoms with E-state index < -0.39 is 0 Å². The third-order valence-corrected chi connectivity index (χ3v) is 8.84. The lowest BCUT2D eigenvalue weighted by Crippen LogP contribution is -2.45. The molecule has 176 valence electrons. The fourth-order valence-electron chi connectivity index (χ4n) is 7.15. The number of aliphatic hydroxyl groups is 1. The van der Waals surface area contributed by atoms with Gasteiger partial charge in [-0.3, -0.25) is 4.79 Å². The third kappa shape index (κ3) is 4.26. The van der Waals surface area contributed by atoms with E-state index in [9.17, 15) is 9.90 Å². The number of aliphatic hydroxyl groups excluding tert-OH is 1. The number of allylic oxidation sites excluding steroid dienone is 4. The molecule has 4 aliphatic carbocycles. The standard InChI is InChI=1S/C28H36O2.C3H4/c1-27(2,3)19-7-5-6-17(14-19)23-16-28(4)24(12-13-25(28)30)22-10-8-18-15-20(29)9-11-21(18)26(22)23;1-3-2/h5-7,14-15,22-25,30H,8-13,16H2,1-4H3;1H,2H3. The van der Waals surface area contributed by atoms with Crippen LogP contribution in [0.4, 0.5) is 0 Å². The zero-order valence-electron chi connectivity index (χ0n) is 21.1. The smallest absolute Gasteiger partial charge is 0.156 e. The van der Waals surface area contributed by atoms with Crippen molar-refractivity contribution in [3.05, 3.63) is 58.2 Å².